The molecule has 0 saturated carbocycles. The van der Waals surface area contributed by atoms with Crippen molar-refractivity contribution in [2.75, 3.05) is 0 Å². The zero-order valence-corrected chi connectivity index (χ0v) is 22.3. The van der Waals surface area contributed by atoms with E-state index in [1.54, 1.807) is 24.3 Å². The molecule has 8 rings (SSSR count). The van der Waals surface area contributed by atoms with E-state index in [9.17, 15) is 24.5 Å². The van der Waals surface area contributed by atoms with Gasteiger partial charge in [-0.1, -0.05) is 72.3 Å². The molecule has 3 aliphatic carbocycles. The van der Waals surface area contributed by atoms with Gasteiger partial charge < -0.3 is 0 Å². The molecule has 8 nitrogen and oxygen atoms in total. The SMILES string of the molecule is O=C(c1ccc(Cl)cc1)N(Cc1ccc([N+](=O)[O-])cc1)N1C(=O)[C@@H]2C3c4ccccc4C(c4ccccc43)[C@H]2C1=O. The molecule has 4 aromatic rings. The summed E-state index contributed by atoms with van der Waals surface area (Å²) in [4.78, 5) is 53.3. The lowest BCUT2D eigenvalue weighted by Crippen LogP contribution is -2.50. The molecule has 0 radical (unpaired) electrons. The molecule has 3 amide bonds. The number of hydrogen-bond acceptors (Lipinski definition) is 5. The van der Waals surface area contributed by atoms with E-state index < -0.39 is 34.5 Å². The van der Waals surface area contributed by atoms with Gasteiger partial charge in [-0.05, 0) is 52.1 Å². The molecule has 0 unspecified atom stereocenters. The minimum absolute atomic E-state index is 0.101. The number of halogens is 1. The largest absolute Gasteiger partial charge is 0.273 e. The highest BCUT2D eigenvalue weighted by Gasteiger charge is 2.63. The number of rotatable bonds is 5. The summed E-state index contributed by atoms with van der Waals surface area (Å²) >= 11 is 6.05. The summed E-state index contributed by atoms with van der Waals surface area (Å²) in [5.74, 6) is -3.35. The first-order valence-corrected chi connectivity index (χ1v) is 13.6. The van der Waals surface area contributed by atoms with Gasteiger partial charge in [-0.15, -0.1) is 0 Å². The van der Waals surface area contributed by atoms with Gasteiger partial charge in [0.2, 0.25) is 0 Å². The third-order valence-electron chi connectivity index (χ3n) is 8.47. The van der Waals surface area contributed by atoms with Crippen molar-refractivity contribution in [3.05, 3.63) is 146 Å². The number of imide groups is 1. The Morgan fingerprint density at radius 2 is 1.22 bits per heavy atom. The maximum atomic E-state index is 14.3. The third kappa shape index (κ3) is 3.78. The zero-order chi connectivity index (χ0) is 28.4. The smallest absolute Gasteiger partial charge is 0.272 e. The van der Waals surface area contributed by atoms with Gasteiger partial charge >= 0.3 is 0 Å². The average Bonchev–Trinajstić information content (AvgIpc) is 3.26. The first-order valence-electron chi connectivity index (χ1n) is 13.2. The molecular weight excluding hydrogens is 542 g/mol. The number of nitro groups is 1. The van der Waals surface area contributed by atoms with Crippen LogP contribution in [0.25, 0.3) is 0 Å². The number of carbonyl (C=O) groups excluding carboxylic acids is 3. The summed E-state index contributed by atoms with van der Waals surface area (Å²) in [6, 6.07) is 27.8. The van der Waals surface area contributed by atoms with Gasteiger partial charge in [0.25, 0.3) is 23.4 Å². The van der Waals surface area contributed by atoms with E-state index in [2.05, 4.69) is 0 Å². The van der Waals surface area contributed by atoms with Crippen molar-refractivity contribution >= 4 is 35.0 Å². The number of nitro benzene ring substituents is 1. The van der Waals surface area contributed by atoms with Crippen molar-refractivity contribution in [3.8, 4) is 0 Å². The van der Waals surface area contributed by atoms with Crippen LogP contribution in [-0.4, -0.2) is 32.7 Å². The summed E-state index contributed by atoms with van der Waals surface area (Å²) in [5.41, 5.74) is 4.82. The molecule has 1 heterocycles. The monoisotopic (exact) mass is 563 g/mol. The Kier molecular flexibility index (Phi) is 5.76. The van der Waals surface area contributed by atoms with E-state index in [1.165, 1.54) is 29.3 Å². The van der Waals surface area contributed by atoms with Crippen LogP contribution in [0.4, 0.5) is 5.69 Å². The van der Waals surface area contributed by atoms with Crippen molar-refractivity contribution in [1.82, 2.24) is 10.0 Å². The summed E-state index contributed by atoms with van der Waals surface area (Å²) in [7, 11) is 0. The fourth-order valence-corrected chi connectivity index (χ4v) is 6.90. The molecule has 41 heavy (non-hydrogen) atoms. The predicted octanol–water partition coefficient (Wildman–Crippen LogP) is 5.70. The van der Waals surface area contributed by atoms with Crippen molar-refractivity contribution in [2.24, 2.45) is 11.8 Å². The van der Waals surface area contributed by atoms with Crippen LogP contribution < -0.4 is 0 Å². The van der Waals surface area contributed by atoms with E-state index in [0.717, 1.165) is 27.3 Å². The standard InChI is InChI=1S/C32H22ClN3O5/c33-20-13-11-19(12-14-20)30(37)34(17-18-9-15-21(16-10-18)36(40)41)35-31(38)28-26-22-5-1-2-6-23(22)27(29(28)32(35)39)25-8-4-3-7-24(25)26/h1-16,26-29H,17H2/t26?,27?,28-,29-/m1/s1. The topological polar surface area (TPSA) is 101 Å². The summed E-state index contributed by atoms with van der Waals surface area (Å²) in [5, 5.41) is 13.8. The molecule has 4 aromatic carbocycles. The second-order valence-electron chi connectivity index (χ2n) is 10.5. The minimum atomic E-state index is -0.658. The summed E-state index contributed by atoms with van der Waals surface area (Å²) < 4.78 is 0. The highest BCUT2D eigenvalue weighted by molar-refractivity contribution is 6.30. The Bertz CT molecular complexity index is 1640. The Morgan fingerprint density at radius 1 is 0.756 bits per heavy atom. The molecule has 0 aromatic heterocycles. The van der Waals surface area contributed by atoms with Gasteiger partial charge in [0.05, 0.1) is 23.3 Å². The Balaban J connectivity index is 1.33. The van der Waals surface area contributed by atoms with E-state index >= 15 is 0 Å². The third-order valence-corrected chi connectivity index (χ3v) is 8.72. The van der Waals surface area contributed by atoms with Gasteiger partial charge in [0, 0.05) is 34.6 Å². The number of amides is 3. The van der Waals surface area contributed by atoms with Crippen molar-refractivity contribution in [1.29, 1.82) is 0 Å². The molecular formula is C32H22ClN3O5. The van der Waals surface area contributed by atoms with E-state index in [0.29, 0.717) is 10.6 Å². The number of non-ortho nitro benzene ring substituents is 1. The fraction of sp³-hybridized carbons (Fsp3) is 0.156. The van der Waals surface area contributed by atoms with Crippen LogP contribution >= 0.6 is 11.6 Å². The molecule has 1 fully saturated rings. The van der Waals surface area contributed by atoms with Gasteiger partial charge in [-0.25, -0.2) is 5.01 Å². The Morgan fingerprint density at radius 3 is 1.66 bits per heavy atom. The highest BCUT2D eigenvalue weighted by Crippen LogP contribution is 2.61. The van der Waals surface area contributed by atoms with Crippen molar-refractivity contribution in [3.63, 3.8) is 0 Å². The molecule has 9 heteroatoms. The first kappa shape index (κ1) is 25.2. The second-order valence-corrected chi connectivity index (χ2v) is 11.0. The fourth-order valence-electron chi connectivity index (χ4n) is 6.77. The molecule has 0 N–H and O–H groups in total. The summed E-state index contributed by atoms with van der Waals surface area (Å²) in [6.45, 7) is -0.133. The van der Waals surface area contributed by atoms with E-state index in [-0.39, 0.29) is 29.6 Å². The van der Waals surface area contributed by atoms with Crippen LogP contribution in [0.3, 0.4) is 0 Å². The number of hydrogen-bond donors (Lipinski definition) is 0. The normalized spacial score (nSPS) is 21.7. The van der Waals surface area contributed by atoms with Crippen LogP contribution in [0, 0.1) is 22.0 Å². The minimum Gasteiger partial charge on any atom is -0.272 e. The second kappa shape index (κ2) is 9.38. The van der Waals surface area contributed by atoms with Crippen LogP contribution in [0.1, 0.15) is 50.0 Å². The molecule has 0 spiro atoms. The van der Waals surface area contributed by atoms with Crippen LogP contribution in [0.5, 0.6) is 0 Å². The molecule has 1 saturated heterocycles. The quantitative estimate of drug-likeness (QED) is 0.176. The number of hydrazine groups is 1. The molecule has 2 atom stereocenters. The van der Waals surface area contributed by atoms with Crippen molar-refractivity contribution < 1.29 is 19.3 Å². The van der Waals surface area contributed by atoms with Crippen molar-refractivity contribution in [2.45, 2.75) is 18.4 Å². The van der Waals surface area contributed by atoms with Gasteiger partial charge in [0.15, 0.2) is 0 Å². The molecule has 4 aliphatic rings. The van der Waals surface area contributed by atoms with Gasteiger partial charge in [0.1, 0.15) is 0 Å². The number of carbonyl (C=O) groups is 3. The lowest BCUT2D eigenvalue weighted by molar-refractivity contribution is -0.384. The van der Waals surface area contributed by atoms with Crippen LogP contribution in [-0.2, 0) is 16.1 Å². The Labute approximate surface area is 239 Å². The maximum Gasteiger partial charge on any atom is 0.273 e. The lowest BCUT2D eigenvalue weighted by Gasteiger charge is -2.45. The van der Waals surface area contributed by atoms with E-state index in [1.807, 2.05) is 48.5 Å². The average molecular weight is 564 g/mol. The van der Waals surface area contributed by atoms with Gasteiger partial charge in [-0.3, -0.25) is 24.5 Å². The predicted molar refractivity (Wildman–Crippen MR) is 150 cm³/mol. The number of benzene rings is 4. The van der Waals surface area contributed by atoms with Crippen LogP contribution in [0.15, 0.2) is 97.1 Å². The maximum absolute atomic E-state index is 14.3. The Hall–Kier alpha value is -4.82. The molecule has 2 bridgehead atoms. The summed E-state index contributed by atoms with van der Waals surface area (Å²) in [6.07, 6.45) is 0. The van der Waals surface area contributed by atoms with Crippen LogP contribution in [0.2, 0.25) is 5.02 Å². The highest BCUT2D eigenvalue weighted by atomic mass is 35.5. The number of nitrogens with zero attached hydrogens (tertiary/aromatic N) is 3. The molecule has 1 aliphatic heterocycles. The molecule has 202 valence electrons. The lowest BCUT2D eigenvalue weighted by atomic mass is 9.55. The van der Waals surface area contributed by atoms with E-state index in [4.69, 9.17) is 11.6 Å². The van der Waals surface area contributed by atoms with Gasteiger partial charge in [-0.2, -0.15) is 5.01 Å². The first-order chi connectivity index (χ1) is 19.8. The zero-order valence-electron chi connectivity index (χ0n) is 21.5.